The van der Waals surface area contributed by atoms with Gasteiger partial charge >= 0.3 is 0 Å². The van der Waals surface area contributed by atoms with E-state index in [-0.39, 0.29) is 0 Å². The monoisotopic (exact) mass is 937 g/mol. The standard InChI is InChI=1S/C68H43NS2/c1-2-16-44(17-3-1)45-30-32-46(33-31-45)47-34-36-48(37-35-47)69(49-38-40-57-53(42-49)51-18-4-6-20-55(51)67(57)59-22-8-12-26-63(59)70-64-27-13-9-23-60(64)67)50-39-41-58-54(43-50)52-19-5-7-21-56(52)68(58)61-24-10-14-28-65(61)71-66-29-15-11-25-62(66)68/h1-43H. The van der Waals surface area contributed by atoms with Crippen LogP contribution in [-0.2, 0) is 10.8 Å². The van der Waals surface area contributed by atoms with Crippen LogP contribution in [0.2, 0.25) is 0 Å². The van der Waals surface area contributed by atoms with Crippen LogP contribution < -0.4 is 4.90 Å². The molecule has 11 aromatic rings. The molecule has 2 aliphatic carbocycles. The number of hydrogen-bond acceptors (Lipinski definition) is 3. The molecule has 3 heteroatoms. The maximum Gasteiger partial charge on any atom is 0.0735 e. The molecule has 0 bridgehead atoms. The van der Waals surface area contributed by atoms with Gasteiger partial charge in [0, 0.05) is 36.6 Å². The minimum atomic E-state index is -0.443. The van der Waals surface area contributed by atoms with Gasteiger partial charge in [-0.2, -0.15) is 0 Å². The van der Waals surface area contributed by atoms with E-state index in [0.717, 1.165) is 17.1 Å². The summed E-state index contributed by atoms with van der Waals surface area (Å²) in [6.45, 7) is 0. The van der Waals surface area contributed by atoms with Gasteiger partial charge in [-0.25, -0.2) is 0 Å². The fraction of sp³-hybridized carbons (Fsp3) is 0.0294. The predicted molar refractivity (Wildman–Crippen MR) is 295 cm³/mol. The zero-order valence-electron chi connectivity index (χ0n) is 38.6. The van der Waals surface area contributed by atoms with Gasteiger partial charge in [0.1, 0.15) is 0 Å². The maximum atomic E-state index is 2.49. The number of fused-ring (bicyclic) bond motifs is 18. The van der Waals surface area contributed by atoms with Crippen LogP contribution in [0.4, 0.5) is 17.1 Å². The first-order chi connectivity index (χ1) is 35.2. The molecule has 0 fully saturated rings. The molecule has 71 heavy (non-hydrogen) atoms. The topological polar surface area (TPSA) is 3.24 Å². The molecule has 4 aliphatic rings. The molecule has 0 aromatic heterocycles. The van der Waals surface area contributed by atoms with E-state index in [0.29, 0.717) is 0 Å². The van der Waals surface area contributed by atoms with Crippen molar-refractivity contribution in [2.24, 2.45) is 0 Å². The van der Waals surface area contributed by atoms with E-state index in [1.807, 2.05) is 23.5 Å². The van der Waals surface area contributed by atoms with E-state index in [1.165, 1.54) is 109 Å². The van der Waals surface area contributed by atoms with Gasteiger partial charge in [0.15, 0.2) is 0 Å². The lowest BCUT2D eigenvalue weighted by Gasteiger charge is -2.40. The first-order valence-electron chi connectivity index (χ1n) is 24.5. The van der Waals surface area contributed by atoms with Crippen molar-refractivity contribution in [1.29, 1.82) is 0 Å². The third-order valence-corrected chi connectivity index (χ3v) is 17.9. The summed E-state index contributed by atoms with van der Waals surface area (Å²) >= 11 is 3.78. The Morgan fingerprint density at radius 2 is 0.521 bits per heavy atom. The Morgan fingerprint density at radius 3 is 0.930 bits per heavy atom. The molecular weight excluding hydrogens is 895 g/mol. The number of benzene rings is 11. The van der Waals surface area contributed by atoms with Gasteiger partial charge in [-0.1, -0.05) is 224 Å². The number of nitrogens with zero attached hydrogens (tertiary/aromatic N) is 1. The van der Waals surface area contributed by atoms with Crippen LogP contribution in [0.1, 0.15) is 44.5 Å². The summed E-state index contributed by atoms with van der Waals surface area (Å²) in [7, 11) is 0. The summed E-state index contributed by atoms with van der Waals surface area (Å²) in [5.41, 5.74) is 23.1. The Morgan fingerprint density at radius 1 is 0.225 bits per heavy atom. The minimum absolute atomic E-state index is 0.443. The molecule has 0 saturated heterocycles. The number of rotatable bonds is 5. The first kappa shape index (κ1) is 40.8. The Hall–Kier alpha value is -8.08. The van der Waals surface area contributed by atoms with Crippen molar-refractivity contribution in [3.05, 3.63) is 305 Å². The first-order valence-corrected chi connectivity index (χ1v) is 26.1. The largest absolute Gasteiger partial charge is 0.310 e. The van der Waals surface area contributed by atoms with Crippen LogP contribution >= 0.6 is 23.5 Å². The Kier molecular flexibility index (Phi) is 9.03. The molecule has 15 rings (SSSR count). The van der Waals surface area contributed by atoms with Gasteiger partial charge in [-0.3, -0.25) is 0 Å². The van der Waals surface area contributed by atoms with Crippen molar-refractivity contribution in [1.82, 2.24) is 0 Å². The lowest BCUT2D eigenvalue weighted by Crippen LogP contribution is -2.32. The average Bonchev–Trinajstić information content (AvgIpc) is 3.89. The minimum Gasteiger partial charge on any atom is -0.310 e. The Balaban J connectivity index is 0.935. The summed E-state index contributed by atoms with van der Waals surface area (Å²) in [6, 6.07) is 97.9. The van der Waals surface area contributed by atoms with Gasteiger partial charge < -0.3 is 4.90 Å². The lowest BCUT2D eigenvalue weighted by molar-refractivity contribution is 0.722. The molecule has 0 saturated carbocycles. The fourth-order valence-electron chi connectivity index (χ4n) is 12.7. The summed E-state index contributed by atoms with van der Waals surface area (Å²) < 4.78 is 0. The fourth-order valence-corrected chi connectivity index (χ4v) is 15.1. The van der Waals surface area contributed by atoms with Gasteiger partial charge in [-0.15, -0.1) is 0 Å². The highest BCUT2D eigenvalue weighted by Crippen LogP contribution is 2.65. The van der Waals surface area contributed by atoms with Crippen molar-refractivity contribution in [2.75, 3.05) is 4.90 Å². The highest BCUT2D eigenvalue weighted by molar-refractivity contribution is 7.99. The molecule has 1 nitrogen and oxygen atoms in total. The molecule has 0 atom stereocenters. The lowest BCUT2D eigenvalue weighted by atomic mass is 9.67. The number of anilines is 3. The summed E-state index contributed by atoms with van der Waals surface area (Å²) in [4.78, 5) is 7.74. The molecule has 2 spiro atoms. The van der Waals surface area contributed by atoms with Crippen LogP contribution in [0.25, 0.3) is 44.5 Å². The van der Waals surface area contributed by atoms with Crippen LogP contribution in [0.15, 0.2) is 280 Å². The van der Waals surface area contributed by atoms with Gasteiger partial charge in [0.2, 0.25) is 0 Å². The van der Waals surface area contributed by atoms with Crippen LogP contribution in [-0.4, -0.2) is 0 Å². The van der Waals surface area contributed by atoms with Crippen molar-refractivity contribution in [3.63, 3.8) is 0 Å². The molecule has 11 aromatic carbocycles. The quantitative estimate of drug-likeness (QED) is 0.169. The van der Waals surface area contributed by atoms with E-state index < -0.39 is 10.8 Å². The normalized spacial score (nSPS) is 14.3. The molecular formula is C68H43NS2. The predicted octanol–water partition coefficient (Wildman–Crippen LogP) is 18.1. The summed E-state index contributed by atoms with van der Waals surface area (Å²) in [5, 5.41) is 0. The molecule has 0 radical (unpaired) electrons. The summed E-state index contributed by atoms with van der Waals surface area (Å²) in [6.07, 6.45) is 0. The highest BCUT2D eigenvalue weighted by Gasteiger charge is 2.52. The van der Waals surface area contributed by atoms with E-state index in [4.69, 9.17) is 0 Å². The average molecular weight is 938 g/mol. The van der Waals surface area contributed by atoms with Crippen molar-refractivity contribution >= 4 is 40.6 Å². The van der Waals surface area contributed by atoms with E-state index in [1.54, 1.807) is 0 Å². The smallest absolute Gasteiger partial charge is 0.0735 e. The third kappa shape index (κ3) is 5.79. The van der Waals surface area contributed by atoms with Crippen LogP contribution in [0, 0.1) is 0 Å². The molecule has 0 unspecified atom stereocenters. The molecule has 0 N–H and O–H groups in total. The van der Waals surface area contributed by atoms with Gasteiger partial charge in [-0.05, 0) is 150 Å². The maximum absolute atomic E-state index is 2.49. The van der Waals surface area contributed by atoms with Crippen molar-refractivity contribution in [3.8, 4) is 44.5 Å². The highest BCUT2D eigenvalue weighted by atomic mass is 32.2. The van der Waals surface area contributed by atoms with E-state index in [9.17, 15) is 0 Å². The van der Waals surface area contributed by atoms with E-state index in [2.05, 4.69) is 266 Å². The van der Waals surface area contributed by atoms with E-state index >= 15 is 0 Å². The molecule has 332 valence electrons. The van der Waals surface area contributed by atoms with Gasteiger partial charge in [0.25, 0.3) is 0 Å². The molecule has 2 aliphatic heterocycles. The van der Waals surface area contributed by atoms with Gasteiger partial charge in [0.05, 0.1) is 10.8 Å². The van der Waals surface area contributed by atoms with Crippen molar-refractivity contribution in [2.45, 2.75) is 30.4 Å². The third-order valence-electron chi connectivity index (χ3n) is 15.6. The second-order valence-corrected chi connectivity index (χ2v) is 21.2. The SMILES string of the molecule is c1ccc(-c2ccc(-c3ccc(N(c4ccc5c(c4)-c4ccccc4C54c5ccccc5Sc5ccccc54)c4ccc5c(c4)-c4ccccc4C54c5ccccc5Sc5ccccc54)cc3)cc2)cc1. The zero-order valence-corrected chi connectivity index (χ0v) is 40.2. The second kappa shape index (κ2) is 15.7. The molecule has 2 heterocycles. The summed E-state index contributed by atoms with van der Waals surface area (Å²) in [5.74, 6) is 0. The van der Waals surface area contributed by atoms with Crippen LogP contribution in [0.5, 0.6) is 0 Å². The molecule has 0 amide bonds. The number of hydrogen-bond donors (Lipinski definition) is 0. The Bertz CT molecular complexity index is 3660. The van der Waals surface area contributed by atoms with Crippen molar-refractivity contribution < 1.29 is 0 Å². The van der Waals surface area contributed by atoms with Crippen LogP contribution in [0.3, 0.4) is 0 Å². The second-order valence-electron chi connectivity index (χ2n) is 19.1. The zero-order chi connectivity index (χ0) is 46.7. The Labute approximate surface area is 423 Å².